The number of aryl methyl sites for hydroxylation is 1. The molecule has 2 heterocycles. The van der Waals surface area contributed by atoms with E-state index in [0.29, 0.717) is 18.3 Å². The molecule has 0 saturated carbocycles. The van der Waals surface area contributed by atoms with Crippen LogP contribution in [0.3, 0.4) is 0 Å². The molecule has 1 aliphatic rings. The standard InChI is InChI=1S/C15H17N3O3/c1-10-4-2-3-5-12(10)15-16-13(21-17-15)9-18-7-11(8-18)6-14(19)20/h2-5,11H,6-9H2,1H3,(H,19,20). The van der Waals surface area contributed by atoms with Crippen LogP contribution < -0.4 is 0 Å². The number of hydrogen-bond acceptors (Lipinski definition) is 5. The van der Waals surface area contributed by atoms with Gasteiger partial charge in [0.2, 0.25) is 11.7 Å². The number of rotatable bonds is 5. The molecule has 21 heavy (non-hydrogen) atoms. The van der Waals surface area contributed by atoms with E-state index >= 15 is 0 Å². The molecule has 1 fully saturated rings. The lowest BCUT2D eigenvalue weighted by atomic mass is 9.97. The number of benzene rings is 1. The predicted octanol–water partition coefficient (Wildman–Crippen LogP) is 1.95. The maximum atomic E-state index is 10.6. The van der Waals surface area contributed by atoms with Crippen LogP contribution in [0.15, 0.2) is 28.8 Å². The van der Waals surface area contributed by atoms with Crippen molar-refractivity contribution < 1.29 is 14.4 Å². The summed E-state index contributed by atoms with van der Waals surface area (Å²) < 4.78 is 5.28. The maximum absolute atomic E-state index is 10.6. The molecular formula is C15H17N3O3. The van der Waals surface area contributed by atoms with Crippen molar-refractivity contribution in [2.24, 2.45) is 5.92 Å². The smallest absolute Gasteiger partial charge is 0.303 e. The molecule has 110 valence electrons. The molecule has 3 rings (SSSR count). The van der Waals surface area contributed by atoms with Crippen LogP contribution in [-0.4, -0.2) is 39.2 Å². The Morgan fingerprint density at radius 1 is 1.43 bits per heavy atom. The number of carboxylic acid groups (broad SMARTS) is 1. The van der Waals surface area contributed by atoms with Crippen molar-refractivity contribution in [3.63, 3.8) is 0 Å². The molecule has 0 amide bonds. The van der Waals surface area contributed by atoms with E-state index in [-0.39, 0.29) is 12.3 Å². The van der Waals surface area contributed by atoms with E-state index in [1.807, 2.05) is 31.2 Å². The Kier molecular flexibility index (Phi) is 3.70. The van der Waals surface area contributed by atoms with Gasteiger partial charge in [-0.3, -0.25) is 9.69 Å². The van der Waals surface area contributed by atoms with Gasteiger partial charge in [-0.15, -0.1) is 0 Å². The molecule has 0 radical (unpaired) electrons. The lowest BCUT2D eigenvalue weighted by Crippen LogP contribution is -2.46. The van der Waals surface area contributed by atoms with Gasteiger partial charge in [0.25, 0.3) is 0 Å². The largest absolute Gasteiger partial charge is 0.481 e. The second kappa shape index (κ2) is 5.65. The topological polar surface area (TPSA) is 79.5 Å². The van der Waals surface area contributed by atoms with E-state index in [1.165, 1.54) is 0 Å². The first-order valence-corrected chi connectivity index (χ1v) is 6.94. The van der Waals surface area contributed by atoms with Gasteiger partial charge in [-0.25, -0.2) is 0 Å². The lowest BCUT2D eigenvalue weighted by molar-refractivity contribution is -0.139. The zero-order valence-electron chi connectivity index (χ0n) is 11.8. The molecule has 1 aromatic carbocycles. The second-order valence-corrected chi connectivity index (χ2v) is 5.48. The van der Waals surface area contributed by atoms with Crippen LogP contribution in [0.5, 0.6) is 0 Å². The zero-order chi connectivity index (χ0) is 14.8. The average Bonchev–Trinajstić information content (AvgIpc) is 2.85. The third kappa shape index (κ3) is 3.11. The number of nitrogens with zero attached hydrogens (tertiary/aromatic N) is 3. The third-order valence-corrected chi connectivity index (χ3v) is 3.71. The SMILES string of the molecule is Cc1ccccc1-c1noc(CN2CC(CC(=O)O)C2)n1. The maximum Gasteiger partial charge on any atom is 0.303 e. The number of carbonyl (C=O) groups is 1. The number of likely N-dealkylation sites (tertiary alicyclic amines) is 1. The molecule has 2 aromatic rings. The highest BCUT2D eigenvalue weighted by atomic mass is 16.5. The van der Waals surface area contributed by atoms with Crippen LogP contribution in [0.1, 0.15) is 17.9 Å². The van der Waals surface area contributed by atoms with Crippen molar-refractivity contribution in [1.82, 2.24) is 15.0 Å². The van der Waals surface area contributed by atoms with Gasteiger partial charge in [0.05, 0.1) is 13.0 Å². The second-order valence-electron chi connectivity index (χ2n) is 5.48. The summed E-state index contributed by atoms with van der Waals surface area (Å²) in [5, 5.41) is 12.7. The minimum absolute atomic E-state index is 0.231. The fourth-order valence-corrected chi connectivity index (χ4v) is 2.63. The first-order chi connectivity index (χ1) is 10.1. The summed E-state index contributed by atoms with van der Waals surface area (Å²) in [7, 11) is 0. The van der Waals surface area contributed by atoms with Crippen LogP contribution in [0.4, 0.5) is 0 Å². The van der Waals surface area contributed by atoms with Crippen LogP contribution in [0.2, 0.25) is 0 Å². The minimum Gasteiger partial charge on any atom is -0.481 e. The fourth-order valence-electron chi connectivity index (χ4n) is 2.63. The van der Waals surface area contributed by atoms with E-state index in [1.54, 1.807) is 0 Å². The Morgan fingerprint density at radius 3 is 2.90 bits per heavy atom. The number of aromatic nitrogens is 2. The highest BCUT2D eigenvalue weighted by Gasteiger charge is 2.29. The summed E-state index contributed by atoms with van der Waals surface area (Å²) >= 11 is 0. The highest BCUT2D eigenvalue weighted by molar-refractivity contribution is 5.67. The molecule has 1 aromatic heterocycles. The van der Waals surface area contributed by atoms with Crippen molar-refractivity contribution >= 4 is 5.97 Å². The Bertz CT molecular complexity index is 647. The van der Waals surface area contributed by atoms with Gasteiger partial charge in [0.1, 0.15) is 0 Å². The summed E-state index contributed by atoms with van der Waals surface area (Å²) in [6, 6.07) is 7.90. The molecule has 0 bridgehead atoms. The van der Waals surface area contributed by atoms with Crippen molar-refractivity contribution in [2.75, 3.05) is 13.1 Å². The normalized spacial score (nSPS) is 15.9. The Morgan fingerprint density at radius 2 is 2.19 bits per heavy atom. The van der Waals surface area contributed by atoms with E-state index in [4.69, 9.17) is 9.63 Å². The van der Waals surface area contributed by atoms with Crippen molar-refractivity contribution in [2.45, 2.75) is 19.9 Å². The first-order valence-electron chi connectivity index (χ1n) is 6.94. The van der Waals surface area contributed by atoms with Crippen LogP contribution >= 0.6 is 0 Å². The lowest BCUT2D eigenvalue weighted by Gasteiger charge is -2.37. The molecule has 6 heteroatoms. The molecule has 1 N–H and O–H groups in total. The summed E-state index contributed by atoms with van der Waals surface area (Å²) in [5.41, 5.74) is 2.08. The molecule has 0 spiro atoms. The van der Waals surface area contributed by atoms with E-state index in [9.17, 15) is 4.79 Å². The molecule has 1 aliphatic heterocycles. The highest BCUT2D eigenvalue weighted by Crippen LogP contribution is 2.23. The van der Waals surface area contributed by atoms with Crippen molar-refractivity contribution in [3.05, 3.63) is 35.7 Å². The summed E-state index contributed by atoms with van der Waals surface area (Å²) in [6.07, 6.45) is 0.231. The molecule has 0 aliphatic carbocycles. The van der Waals surface area contributed by atoms with E-state index in [2.05, 4.69) is 15.0 Å². The molecule has 0 unspecified atom stereocenters. The van der Waals surface area contributed by atoms with Gasteiger partial charge < -0.3 is 9.63 Å². The van der Waals surface area contributed by atoms with Crippen molar-refractivity contribution in [3.8, 4) is 11.4 Å². The fraction of sp³-hybridized carbons (Fsp3) is 0.400. The Hall–Kier alpha value is -2.21. The summed E-state index contributed by atoms with van der Waals surface area (Å²) in [6.45, 7) is 4.13. The van der Waals surface area contributed by atoms with E-state index < -0.39 is 5.97 Å². The number of carboxylic acids is 1. The van der Waals surface area contributed by atoms with Gasteiger partial charge in [-0.05, 0) is 18.4 Å². The zero-order valence-corrected chi connectivity index (χ0v) is 11.8. The van der Waals surface area contributed by atoms with Crippen LogP contribution in [0.25, 0.3) is 11.4 Å². The third-order valence-electron chi connectivity index (χ3n) is 3.71. The van der Waals surface area contributed by atoms with Crippen molar-refractivity contribution in [1.29, 1.82) is 0 Å². The Balaban J connectivity index is 1.60. The number of aliphatic carboxylic acids is 1. The molecular weight excluding hydrogens is 270 g/mol. The van der Waals surface area contributed by atoms with Gasteiger partial charge in [0, 0.05) is 18.7 Å². The molecule has 6 nitrogen and oxygen atoms in total. The average molecular weight is 287 g/mol. The predicted molar refractivity (Wildman–Crippen MR) is 75.5 cm³/mol. The van der Waals surface area contributed by atoms with Crippen LogP contribution in [0, 0.1) is 12.8 Å². The van der Waals surface area contributed by atoms with E-state index in [0.717, 1.165) is 24.2 Å². The van der Waals surface area contributed by atoms with Gasteiger partial charge in [0.15, 0.2) is 0 Å². The molecule has 1 saturated heterocycles. The van der Waals surface area contributed by atoms with Gasteiger partial charge in [-0.1, -0.05) is 29.4 Å². The number of hydrogen-bond donors (Lipinski definition) is 1. The Labute approximate surface area is 122 Å². The first kappa shape index (κ1) is 13.8. The molecule has 0 atom stereocenters. The van der Waals surface area contributed by atoms with Crippen LogP contribution in [-0.2, 0) is 11.3 Å². The minimum atomic E-state index is -0.737. The van der Waals surface area contributed by atoms with Gasteiger partial charge in [-0.2, -0.15) is 4.98 Å². The quantitative estimate of drug-likeness (QED) is 0.905. The van der Waals surface area contributed by atoms with Gasteiger partial charge >= 0.3 is 5.97 Å². The summed E-state index contributed by atoms with van der Waals surface area (Å²) in [5.74, 6) is 0.674. The monoisotopic (exact) mass is 287 g/mol. The summed E-state index contributed by atoms with van der Waals surface area (Å²) in [4.78, 5) is 17.1.